The lowest BCUT2D eigenvalue weighted by atomic mass is 9.96. The zero-order valence-electron chi connectivity index (χ0n) is 28.1. The number of carbonyl (C=O) groups is 1. The minimum absolute atomic E-state index is 0. The number of anilines is 2. The number of carbonyl (C=O) groups excluding carboxylic acids is 1. The molecule has 10 heterocycles. The van der Waals surface area contributed by atoms with Gasteiger partial charge < -0.3 is 59.9 Å². The number of hydrogen-bond donors (Lipinski definition) is 8. The van der Waals surface area contributed by atoms with Gasteiger partial charge in [0.25, 0.3) is 5.91 Å². The molecule has 54 heavy (non-hydrogen) atoms. The number of rotatable bonds is 4. The van der Waals surface area contributed by atoms with E-state index in [1.54, 1.807) is 26.7 Å². The first-order valence-electron chi connectivity index (χ1n) is 16.7. The molecule has 4 aliphatic heterocycles. The zero-order valence-corrected chi connectivity index (χ0v) is 29.7. The molecule has 2 saturated heterocycles. The second-order valence-electron chi connectivity index (χ2n) is 13.7. The van der Waals surface area contributed by atoms with Gasteiger partial charge in [0.15, 0.2) is 12.5 Å². The number of amides is 1. The summed E-state index contributed by atoms with van der Waals surface area (Å²) in [6.45, 7) is 2.85. The molecule has 0 radical (unpaired) electrons. The molecule has 8 N–H and O–H groups in total. The Morgan fingerprint density at radius 3 is 1.89 bits per heavy atom. The molecule has 284 valence electrons. The number of hydrogen-bond acceptors (Lipinski definition) is 16. The topological polar surface area (TPSA) is 242 Å². The summed E-state index contributed by atoms with van der Waals surface area (Å²) in [4.78, 5) is 31.5. The minimum Gasteiger partial charge on any atom is -0.394 e. The van der Waals surface area contributed by atoms with Crippen LogP contribution in [0, 0.1) is 0 Å². The number of ether oxygens (including phenoxy) is 2. The molecular weight excluding hydrogens is 741 g/mol. The molecule has 17 nitrogen and oxygen atoms in total. The summed E-state index contributed by atoms with van der Waals surface area (Å²) in [6.07, 6.45) is 0.302. The van der Waals surface area contributed by atoms with Crippen LogP contribution in [0.4, 0.5) is 11.6 Å². The van der Waals surface area contributed by atoms with E-state index in [0.717, 1.165) is 33.5 Å². The number of aliphatic hydroxyl groups is 6. The Bertz CT molecular complexity index is 2400. The molecule has 0 spiro atoms. The normalized spacial score (nSPS) is 29.4. The van der Waals surface area contributed by atoms with Gasteiger partial charge in [0, 0.05) is 34.0 Å². The molecule has 6 aromatic heterocycles. The fourth-order valence-corrected chi connectivity index (χ4v) is 9.32. The van der Waals surface area contributed by atoms with E-state index in [9.17, 15) is 35.4 Å². The molecule has 8 atom stereocenters. The fourth-order valence-electron chi connectivity index (χ4n) is 7.69. The zero-order chi connectivity index (χ0) is 37.0. The Labute approximate surface area is 315 Å². The number of fused-ring (bicyclic) bond motifs is 4. The van der Waals surface area contributed by atoms with Gasteiger partial charge in [-0.2, -0.15) is 0 Å². The van der Waals surface area contributed by atoms with Gasteiger partial charge in [0.05, 0.1) is 30.5 Å². The van der Waals surface area contributed by atoms with Crippen molar-refractivity contribution >= 4 is 62.3 Å². The predicted molar refractivity (Wildman–Crippen MR) is 199 cm³/mol. The summed E-state index contributed by atoms with van der Waals surface area (Å²) in [6, 6.07) is 3.90. The van der Waals surface area contributed by atoms with E-state index in [1.165, 1.54) is 42.7 Å². The first-order valence-corrected chi connectivity index (χ1v) is 18.5. The summed E-state index contributed by atoms with van der Waals surface area (Å²) >= 11 is 2.99. The summed E-state index contributed by atoms with van der Waals surface area (Å²) in [5.74, 6) is 0.866. The highest BCUT2D eigenvalue weighted by atomic mass is 32.1. The molecule has 6 aromatic rings. The maximum Gasteiger partial charge on any atom is 0.267 e. The fraction of sp³-hybridized carbons (Fsp3) is 0.400. The molecule has 2 fully saturated rings. The molecular formula is C35H38N8O9S2. The Morgan fingerprint density at radius 2 is 1.31 bits per heavy atom. The van der Waals surface area contributed by atoms with E-state index in [2.05, 4.69) is 36.6 Å². The van der Waals surface area contributed by atoms with Crippen LogP contribution in [-0.4, -0.2) is 114 Å². The van der Waals surface area contributed by atoms with Crippen LogP contribution in [0.15, 0.2) is 47.9 Å². The summed E-state index contributed by atoms with van der Waals surface area (Å²) < 4.78 is 14.9. The van der Waals surface area contributed by atoms with E-state index >= 15 is 0 Å². The third-order valence-electron chi connectivity index (χ3n) is 10.4. The van der Waals surface area contributed by atoms with Crippen molar-refractivity contribution in [3.8, 4) is 22.3 Å². The molecule has 0 aromatic carbocycles. The van der Waals surface area contributed by atoms with Crippen LogP contribution >= 0.6 is 22.7 Å². The summed E-state index contributed by atoms with van der Waals surface area (Å²) in [5, 5.41) is 72.7. The van der Waals surface area contributed by atoms with Crippen LogP contribution in [0.1, 0.15) is 48.3 Å². The average molecular weight is 779 g/mol. The number of thiophene rings is 2. The number of aliphatic hydroxyl groups excluding tert-OH is 4. The first-order chi connectivity index (χ1) is 25.4. The van der Waals surface area contributed by atoms with E-state index < -0.39 is 54.7 Å². The Morgan fingerprint density at radius 1 is 0.796 bits per heavy atom. The highest BCUT2D eigenvalue weighted by molar-refractivity contribution is 7.12. The SMILES string of the molecule is C.C[C@@]1(O)[C@H](O)[C@@H](CO)O[C@H]1n1cc2c3c(ncnc31)NC(=O)c1sccc1-2.C[C@@]1(O)[C@H](O)[C@@H](CO)O[C@H]1n1cc2c3c(ncnc31)NCc1sccc1-2. The molecule has 4 aliphatic rings. The third-order valence-corrected chi connectivity index (χ3v) is 12.3. The molecule has 0 saturated carbocycles. The van der Waals surface area contributed by atoms with E-state index in [0.29, 0.717) is 33.9 Å². The largest absolute Gasteiger partial charge is 0.394 e. The quantitative estimate of drug-likeness (QED) is 0.128. The highest BCUT2D eigenvalue weighted by Gasteiger charge is 2.54. The second kappa shape index (κ2) is 13.1. The van der Waals surface area contributed by atoms with Gasteiger partial charge in [-0.1, -0.05) is 7.43 Å². The molecule has 0 aliphatic carbocycles. The maximum atomic E-state index is 12.4. The summed E-state index contributed by atoms with van der Waals surface area (Å²) in [5.41, 5.74) is 1.36. The number of aromatic nitrogens is 6. The molecule has 10 rings (SSSR count). The van der Waals surface area contributed by atoms with Crippen LogP contribution in [0.25, 0.3) is 44.3 Å². The van der Waals surface area contributed by atoms with Gasteiger partial charge >= 0.3 is 0 Å². The van der Waals surface area contributed by atoms with Crippen molar-refractivity contribution in [2.45, 2.75) is 75.9 Å². The van der Waals surface area contributed by atoms with E-state index in [4.69, 9.17) is 9.47 Å². The first kappa shape index (κ1) is 36.6. The van der Waals surface area contributed by atoms with Crippen LogP contribution < -0.4 is 10.6 Å². The average Bonchev–Trinajstić information content (AvgIpc) is 3.98. The van der Waals surface area contributed by atoms with Gasteiger partial charge in [-0.25, -0.2) is 19.9 Å². The minimum atomic E-state index is -1.65. The monoisotopic (exact) mass is 778 g/mol. The van der Waals surface area contributed by atoms with E-state index in [-0.39, 0.29) is 19.9 Å². The molecule has 0 bridgehead atoms. The van der Waals surface area contributed by atoms with Crippen LogP contribution in [0.5, 0.6) is 0 Å². The lowest BCUT2D eigenvalue weighted by molar-refractivity contribution is -0.0948. The smallest absolute Gasteiger partial charge is 0.267 e. The maximum absolute atomic E-state index is 12.4. The standard InChI is InChI=1S/C17H16N4O5S.C17H18N4O4S.CH4/c1-17(25)12(23)9(5-22)26-16(17)21-4-8-7-2-3-27-11(7)15(24)20-13-10(8)14(21)19-6-18-13;1-17(24)13(23)10(6-22)25-16(17)21-5-9-8-2-3-26-11(8)4-18-14-12(9)15(21)20-7-19-14;/h2-4,6,9,12,16,22-23,25H,5H2,1H3,(H,18,19,20,24);2-3,5,7,10,13,16,22-24H,4,6H2,1H3,(H,18,19,20);1H4/t9-,12-,16-,17-;10-,13-,16-,17-;/m11./s1. The van der Waals surface area contributed by atoms with Gasteiger partial charge in [-0.3, -0.25) is 4.79 Å². The van der Waals surface area contributed by atoms with Crippen molar-refractivity contribution in [3.63, 3.8) is 0 Å². The Kier molecular flexibility index (Phi) is 8.88. The third kappa shape index (κ3) is 5.23. The highest BCUT2D eigenvalue weighted by Crippen LogP contribution is 2.47. The second-order valence-corrected chi connectivity index (χ2v) is 15.6. The van der Waals surface area contributed by atoms with Crippen molar-refractivity contribution in [2.24, 2.45) is 0 Å². The van der Waals surface area contributed by atoms with Crippen LogP contribution in [0.3, 0.4) is 0 Å². The molecule has 0 unspecified atom stereocenters. The lowest BCUT2D eigenvalue weighted by Gasteiger charge is -2.27. The molecule has 1 amide bonds. The predicted octanol–water partition coefficient (Wildman–Crippen LogP) is 2.45. The lowest BCUT2D eigenvalue weighted by Crippen LogP contribution is -2.44. The summed E-state index contributed by atoms with van der Waals surface area (Å²) in [7, 11) is 0. The number of nitrogens with one attached hydrogen (secondary N) is 2. The van der Waals surface area contributed by atoms with Crippen molar-refractivity contribution in [3.05, 3.63) is 57.7 Å². The van der Waals surface area contributed by atoms with Crippen LogP contribution in [-0.2, 0) is 16.0 Å². The Hall–Kier alpha value is -4.41. The Balaban J connectivity index is 0.000000150. The van der Waals surface area contributed by atoms with Crippen molar-refractivity contribution in [1.29, 1.82) is 0 Å². The number of nitrogens with zero attached hydrogens (tertiary/aromatic N) is 6. The van der Waals surface area contributed by atoms with E-state index in [1.807, 2.05) is 23.0 Å². The van der Waals surface area contributed by atoms with Crippen molar-refractivity contribution in [1.82, 2.24) is 29.1 Å². The van der Waals surface area contributed by atoms with Crippen LogP contribution in [0.2, 0.25) is 0 Å². The molecule has 19 heteroatoms. The van der Waals surface area contributed by atoms with Gasteiger partial charge in [-0.15, -0.1) is 22.7 Å². The van der Waals surface area contributed by atoms with Gasteiger partial charge in [0.1, 0.15) is 76.1 Å². The van der Waals surface area contributed by atoms with Crippen molar-refractivity contribution in [2.75, 3.05) is 23.8 Å². The van der Waals surface area contributed by atoms with Gasteiger partial charge in [-0.05, 0) is 42.3 Å². The van der Waals surface area contributed by atoms with Crippen molar-refractivity contribution < 1.29 is 44.9 Å². The van der Waals surface area contributed by atoms with Gasteiger partial charge in [0.2, 0.25) is 0 Å².